The number of carboxylic acids is 1. The van der Waals surface area contributed by atoms with Crippen LogP contribution in [-0.4, -0.2) is 24.3 Å². The molecule has 0 radical (unpaired) electrons. The van der Waals surface area contributed by atoms with Crippen molar-refractivity contribution in [1.82, 2.24) is 0 Å². The van der Waals surface area contributed by atoms with Gasteiger partial charge in [-0.25, -0.2) is 0 Å². The summed E-state index contributed by atoms with van der Waals surface area (Å²) in [6.07, 6.45) is 2.22. The van der Waals surface area contributed by atoms with Gasteiger partial charge in [0.05, 0.1) is 18.6 Å². The average Bonchev–Trinajstić information content (AvgIpc) is 3.03. The fourth-order valence-electron chi connectivity index (χ4n) is 3.14. The summed E-state index contributed by atoms with van der Waals surface area (Å²) >= 11 is 0. The Morgan fingerprint density at radius 1 is 1.15 bits per heavy atom. The molecule has 0 unspecified atom stereocenters. The maximum atomic E-state index is 11.4. The van der Waals surface area contributed by atoms with Gasteiger partial charge in [0.15, 0.2) is 0 Å². The van der Waals surface area contributed by atoms with E-state index in [0.717, 1.165) is 35.5 Å². The van der Waals surface area contributed by atoms with Gasteiger partial charge in [0.2, 0.25) is 0 Å². The van der Waals surface area contributed by atoms with Crippen LogP contribution in [0.3, 0.4) is 0 Å². The minimum absolute atomic E-state index is 0.483. The highest BCUT2D eigenvalue weighted by Crippen LogP contribution is 2.45. The first-order chi connectivity index (χ1) is 9.42. The standard InChI is InChI=1S/C16H20O4/c1-9-10-4-6-20-14(10)12(8-16(2,3)15(17)18)11-5-7-19-13(9)11/h4-8H2,1-3H3,(H,17,18). The fourth-order valence-corrected chi connectivity index (χ4v) is 3.14. The zero-order chi connectivity index (χ0) is 14.5. The molecule has 4 heteroatoms. The molecule has 108 valence electrons. The van der Waals surface area contributed by atoms with E-state index in [1.54, 1.807) is 13.8 Å². The number of hydrogen-bond donors (Lipinski definition) is 1. The number of aliphatic carboxylic acids is 1. The molecule has 20 heavy (non-hydrogen) atoms. The largest absolute Gasteiger partial charge is 0.493 e. The number of benzene rings is 1. The first kappa shape index (κ1) is 13.3. The van der Waals surface area contributed by atoms with E-state index in [1.807, 2.05) is 0 Å². The smallest absolute Gasteiger partial charge is 0.309 e. The van der Waals surface area contributed by atoms with Crippen LogP contribution >= 0.6 is 0 Å². The van der Waals surface area contributed by atoms with Crippen LogP contribution in [0.2, 0.25) is 0 Å². The number of hydrogen-bond acceptors (Lipinski definition) is 3. The number of ether oxygens (including phenoxy) is 2. The van der Waals surface area contributed by atoms with Gasteiger partial charge in [-0.05, 0) is 32.8 Å². The van der Waals surface area contributed by atoms with E-state index in [4.69, 9.17) is 9.47 Å². The summed E-state index contributed by atoms with van der Waals surface area (Å²) in [7, 11) is 0. The third-order valence-corrected chi connectivity index (χ3v) is 4.37. The van der Waals surface area contributed by atoms with Crippen LogP contribution in [0.4, 0.5) is 0 Å². The monoisotopic (exact) mass is 276 g/mol. The lowest BCUT2D eigenvalue weighted by Gasteiger charge is -2.23. The first-order valence-corrected chi connectivity index (χ1v) is 7.08. The van der Waals surface area contributed by atoms with Gasteiger partial charge < -0.3 is 14.6 Å². The minimum Gasteiger partial charge on any atom is -0.493 e. The molecular weight excluding hydrogens is 256 g/mol. The van der Waals surface area contributed by atoms with Crippen LogP contribution in [-0.2, 0) is 24.1 Å². The van der Waals surface area contributed by atoms with Gasteiger partial charge in [0, 0.05) is 29.5 Å². The molecule has 2 aliphatic rings. The molecule has 0 atom stereocenters. The Kier molecular flexibility index (Phi) is 2.92. The molecule has 2 aliphatic heterocycles. The lowest BCUT2D eigenvalue weighted by molar-refractivity contribution is -0.146. The number of rotatable bonds is 3. The molecule has 4 nitrogen and oxygen atoms in total. The van der Waals surface area contributed by atoms with Crippen molar-refractivity contribution in [3.05, 3.63) is 22.3 Å². The SMILES string of the molecule is Cc1c2c(c(CC(C)(C)C(=O)O)c3c1OCC3)OCC2. The van der Waals surface area contributed by atoms with E-state index in [0.29, 0.717) is 19.6 Å². The Morgan fingerprint density at radius 3 is 2.40 bits per heavy atom. The maximum absolute atomic E-state index is 11.4. The Balaban J connectivity index is 2.14. The van der Waals surface area contributed by atoms with E-state index in [1.165, 1.54) is 11.1 Å². The van der Waals surface area contributed by atoms with Gasteiger partial charge in [-0.3, -0.25) is 4.79 Å². The van der Waals surface area contributed by atoms with Gasteiger partial charge >= 0.3 is 5.97 Å². The summed E-state index contributed by atoms with van der Waals surface area (Å²) in [6, 6.07) is 0. The van der Waals surface area contributed by atoms with E-state index < -0.39 is 11.4 Å². The van der Waals surface area contributed by atoms with Crippen LogP contribution in [0.1, 0.15) is 36.1 Å². The van der Waals surface area contributed by atoms with Crippen molar-refractivity contribution in [3.63, 3.8) is 0 Å². The lowest BCUT2D eigenvalue weighted by Crippen LogP contribution is -2.27. The van der Waals surface area contributed by atoms with Gasteiger partial charge in [0.25, 0.3) is 0 Å². The summed E-state index contributed by atoms with van der Waals surface area (Å²) in [5.41, 5.74) is 3.76. The molecule has 2 heterocycles. The molecule has 0 aromatic heterocycles. The molecule has 1 N–H and O–H groups in total. The molecule has 0 bridgehead atoms. The molecule has 0 amide bonds. The molecular formula is C16H20O4. The van der Waals surface area contributed by atoms with Crippen molar-refractivity contribution in [1.29, 1.82) is 0 Å². The van der Waals surface area contributed by atoms with Gasteiger partial charge in [-0.2, -0.15) is 0 Å². The van der Waals surface area contributed by atoms with Crippen molar-refractivity contribution in [2.45, 2.75) is 40.0 Å². The van der Waals surface area contributed by atoms with Crippen molar-refractivity contribution < 1.29 is 19.4 Å². The lowest BCUT2D eigenvalue weighted by atomic mass is 9.82. The van der Waals surface area contributed by atoms with Crippen LogP contribution < -0.4 is 9.47 Å². The maximum Gasteiger partial charge on any atom is 0.309 e. The first-order valence-electron chi connectivity index (χ1n) is 7.08. The minimum atomic E-state index is -0.800. The van der Waals surface area contributed by atoms with Crippen molar-refractivity contribution in [2.24, 2.45) is 5.41 Å². The average molecular weight is 276 g/mol. The second-order valence-corrected chi connectivity index (χ2v) is 6.28. The predicted octanol–water partition coefficient (Wildman–Crippen LogP) is 2.52. The number of fused-ring (bicyclic) bond motifs is 2. The molecule has 0 saturated carbocycles. The normalized spacial score (nSPS) is 16.4. The molecule has 0 saturated heterocycles. The van der Waals surface area contributed by atoms with Gasteiger partial charge in [-0.1, -0.05) is 0 Å². The summed E-state index contributed by atoms with van der Waals surface area (Å²) in [6.45, 7) is 6.96. The molecule has 0 fully saturated rings. The Labute approximate surface area is 118 Å². The second kappa shape index (κ2) is 4.40. The highest BCUT2D eigenvalue weighted by atomic mass is 16.5. The molecule has 0 aliphatic carbocycles. The summed E-state index contributed by atoms with van der Waals surface area (Å²) < 4.78 is 11.6. The van der Waals surface area contributed by atoms with Crippen molar-refractivity contribution in [3.8, 4) is 11.5 Å². The van der Waals surface area contributed by atoms with Crippen molar-refractivity contribution >= 4 is 5.97 Å². The number of carboxylic acid groups (broad SMARTS) is 1. The van der Waals surface area contributed by atoms with Gasteiger partial charge in [0.1, 0.15) is 11.5 Å². The third kappa shape index (κ3) is 1.86. The Hall–Kier alpha value is -1.71. The highest BCUT2D eigenvalue weighted by Gasteiger charge is 2.35. The van der Waals surface area contributed by atoms with Gasteiger partial charge in [-0.15, -0.1) is 0 Å². The second-order valence-electron chi connectivity index (χ2n) is 6.28. The predicted molar refractivity (Wildman–Crippen MR) is 74.7 cm³/mol. The Morgan fingerprint density at radius 2 is 1.75 bits per heavy atom. The summed E-state index contributed by atoms with van der Waals surface area (Å²) in [5.74, 6) is 1.10. The highest BCUT2D eigenvalue weighted by molar-refractivity contribution is 5.75. The van der Waals surface area contributed by atoms with E-state index in [9.17, 15) is 9.90 Å². The molecule has 3 rings (SSSR count). The van der Waals surface area contributed by atoms with E-state index in [2.05, 4.69) is 6.92 Å². The quantitative estimate of drug-likeness (QED) is 0.921. The fraction of sp³-hybridized carbons (Fsp3) is 0.562. The zero-order valence-electron chi connectivity index (χ0n) is 12.2. The summed E-state index contributed by atoms with van der Waals surface area (Å²) in [4.78, 5) is 11.4. The Bertz CT molecular complexity index is 552. The zero-order valence-corrected chi connectivity index (χ0v) is 12.2. The molecule has 0 spiro atoms. The van der Waals surface area contributed by atoms with Crippen LogP contribution in [0, 0.1) is 12.3 Å². The topological polar surface area (TPSA) is 55.8 Å². The van der Waals surface area contributed by atoms with E-state index >= 15 is 0 Å². The number of carbonyl (C=O) groups is 1. The van der Waals surface area contributed by atoms with Crippen LogP contribution in [0.15, 0.2) is 0 Å². The third-order valence-electron chi connectivity index (χ3n) is 4.37. The summed E-state index contributed by atoms with van der Waals surface area (Å²) in [5, 5.41) is 9.38. The van der Waals surface area contributed by atoms with Crippen LogP contribution in [0.25, 0.3) is 0 Å². The van der Waals surface area contributed by atoms with Crippen LogP contribution in [0.5, 0.6) is 11.5 Å². The van der Waals surface area contributed by atoms with Crippen molar-refractivity contribution in [2.75, 3.05) is 13.2 Å². The molecule has 1 aromatic carbocycles. The van der Waals surface area contributed by atoms with E-state index in [-0.39, 0.29) is 0 Å². The molecule has 1 aromatic rings.